The Labute approximate surface area is 129 Å². The number of H-pyrrole nitrogens is 1. The first-order valence-corrected chi connectivity index (χ1v) is 8.35. The SMILES string of the molecule is CCNC(CCO)CSc1nc2ccc(OCC)cc2[nH]1. The minimum Gasteiger partial charge on any atom is -0.494 e. The quantitative estimate of drug-likeness (QED) is 0.621. The summed E-state index contributed by atoms with van der Waals surface area (Å²) >= 11 is 1.67. The van der Waals surface area contributed by atoms with Crippen LogP contribution >= 0.6 is 11.8 Å². The highest BCUT2D eigenvalue weighted by molar-refractivity contribution is 7.99. The minimum absolute atomic E-state index is 0.204. The second-order valence-corrected chi connectivity index (χ2v) is 5.74. The number of hydrogen-bond acceptors (Lipinski definition) is 5. The lowest BCUT2D eigenvalue weighted by Gasteiger charge is -2.15. The first-order chi connectivity index (χ1) is 10.3. The summed E-state index contributed by atoms with van der Waals surface area (Å²) < 4.78 is 5.49. The van der Waals surface area contributed by atoms with Crippen molar-refractivity contribution < 1.29 is 9.84 Å². The fourth-order valence-electron chi connectivity index (χ4n) is 2.16. The largest absolute Gasteiger partial charge is 0.494 e. The summed E-state index contributed by atoms with van der Waals surface area (Å²) in [5, 5.41) is 13.3. The van der Waals surface area contributed by atoms with Crippen LogP contribution in [0.25, 0.3) is 11.0 Å². The van der Waals surface area contributed by atoms with E-state index in [0.717, 1.165) is 40.7 Å². The van der Waals surface area contributed by atoms with Gasteiger partial charge in [-0.2, -0.15) is 0 Å². The Bertz CT molecular complexity index is 553. The van der Waals surface area contributed by atoms with Crippen molar-refractivity contribution in [3.8, 4) is 5.75 Å². The molecule has 0 bridgehead atoms. The molecule has 116 valence electrons. The molecule has 1 atom stereocenters. The van der Waals surface area contributed by atoms with Crippen molar-refractivity contribution in [1.29, 1.82) is 0 Å². The zero-order chi connectivity index (χ0) is 15.1. The van der Waals surface area contributed by atoms with Crippen molar-refractivity contribution in [2.24, 2.45) is 0 Å². The highest BCUT2D eigenvalue weighted by Gasteiger charge is 2.10. The number of aliphatic hydroxyl groups excluding tert-OH is 1. The molecular formula is C15H23N3O2S. The molecule has 1 aromatic heterocycles. The number of nitrogens with zero attached hydrogens (tertiary/aromatic N) is 1. The molecule has 0 spiro atoms. The van der Waals surface area contributed by atoms with Gasteiger partial charge in [-0.15, -0.1) is 0 Å². The van der Waals surface area contributed by atoms with Crippen LogP contribution < -0.4 is 10.1 Å². The van der Waals surface area contributed by atoms with E-state index in [1.54, 1.807) is 11.8 Å². The number of aliphatic hydroxyl groups is 1. The van der Waals surface area contributed by atoms with E-state index in [0.29, 0.717) is 12.6 Å². The number of imidazole rings is 1. The highest BCUT2D eigenvalue weighted by atomic mass is 32.2. The molecule has 1 unspecified atom stereocenters. The van der Waals surface area contributed by atoms with Gasteiger partial charge in [0, 0.05) is 24.5 Å². The Kier molecular flexibility index (Phi) is 6.35. The van der Waals surface area contributed by atoms with Gasteiger partial charge in [-0.1, -0.05) is 18.7 Å². The summed E-state index contributed by atoms with van der Waals surface area (Å²) in [5.74, 6) is 1.74. The zero-order valence-corrected chi connectivity index (χ0v) is 13.4. The normalized spacial score (nSPS) is 12.7. The first kappa shape index (κ1) is 16.1. The third kappa shape index (κ3) is 4.62. The molecule has 0 saturated carbocycles. The third-order valence-electron chi connectivity index (χ3n) is 3.13. The van der Waals surface area contributed by atoms with Crippen molar-refractivity contribution >= 4 is 22.8 Å². The van der Waals surface area contributed by atoms with E-state index < -0.39 is 0 Å². The van der Waals surface area contributed by atoms with Crippen LogP contribution in [-0.4, -0.2) is 46.6 Å². The summed E-state index contributed by atoms with van der Waals surface area (Å²) in [4.78, 5) is 7.88. The molecule has 3 N–H and O–H groups in total. The molecule has 0 aliphatic heterocycles. The van der Waals surface area contributed by atoms with Crippen LogP contribution in [0, 0.1) is 0 Å². The Balaban J connectivity index is 2.01. The minimum atomic E-state index is 0.204. The summed E-state index contributed by atoms with van der Waals surface area (Å²) in [6.07, 6.45) is 0.759. The molecule has 1 heterocycles. The number of ether oxygens (including phenoxy) is 1. The van der Waals surface area contributed by atoms with Gasteiger partial charge in [0.05, 0.1) is 17.6 Å². The number of nitrogens with one attached hydrogen (secondary N) is 2. The fraction of sp³-hybridized carbons (Fsp3) is 0.533. The van der Waals surface area contributed by atoms with Gasteiger partial charge >= 0.3 is 0 Å². The lowest BCUT2D eigenvalue weighted by Crippen LogP contribution is -2.32. The number of aromatic nitrogens is 2. The molecule has 0 aliphatic carbocycles. The molecule has 21 heavy (non-hydrogen) atoms. The maximum atomic E-state index is 9.07. The van der Waals surface area contributed by atoms with Crippen LogP contribution in [0.1, 0.15) is 20.3 Å². The van der Waals surface area contributed by atoms with E-state index in [2.05, 4.69) is 22.2 Å². The fourth-order valence-corrected chi connectivity index (χ4v) is 3.15. The van der Waals surface area contributed by atoms with Crippen LogP contribution in [0.2, 0.25) is 0 Å². The van der Waals surface area contributed by atoms with E-state index in [1.807, 2.05) is 25.1 Å². The van der Waals surface area contributed by atoms with Crippen molar-refractivity contribution in [3.05, 3.63) is 18.2 Å². The predicted molar refractivity (Wildman–Crippen MR) is 87.2 cm³/mol. The average Bonchev–Trinajstić information content (AvgIpc) is 2.88. The van der Waals surface area contributed by atoms with Crippen LogP contribution in [-0.2, 0) is 0 Å². The van der Waals surface area contributed by atoms with Gasteiger partial charge in [0.2, 0.25) is 0 Å². The van der Waals surface area contributed by atoms with Gasteiger partial charge < -0.3 is 20.1 Å². The third-order valence-corrected chi connectivity index (χ3v) is 4.17. The monoisotopic (exact) mass is 309 g/mol. The standard InChI is InChI=1S/C15H23N3O2S/c1-3-16-11(7-8-19)10-21-15-17-13-6-5-12(20-4-2)9-14(13)18-15/h5-6,9,11,16,19H,3-4,7-8,10H2,1-2H3,(H,17,18). The first-order valence-electron chi connectivity index (χ1n) is 7.36. The molecule has 1 aromatic carbocycles. The van der Waals surface area contributed by atoms with Crippen molar-refractivity contribution in [2.45, 2.75) is 31.5 Å². The Morgan fingerprint density at radius 2 is 2.29 bits per heavy atom. The molecule has 5 nitrogen and oxygen atoms in total. The molecular weight excluding hydrogens is 286 g/mol. The van der Waals surface area contributed by atoms with Gasteiger partial charge in [-0.25, -0.2) is 4.98 Å². The second kappa shape index (κ2) is 8.26. The van der Waals surface area contributed by atoms with Crippen molar-refractivity contribution in [1.82, 2.24) is 15.3 Å². The Morgan fingerprint density at radius 1 is 1.43 bits per heavy atom. The number of rotatable bonds is 9. The highest BCUT2D eigenvalue weighted by Crippen LogP contribution is 2.24. The van der Waals surface area contributed by atoms with Crippen LogP contribution in [0.4, 0.5) is 0 Å². The summed E-state index contributed by atoms with van der Waals surface area (Å²) in [5.41, 5.74) is 1.94. The number of aromatic amines is 1. The van der Waals surface area contributed by atoms with E-state index in [9.17, 15) is 0 Å². The van der Waals surface area contributed by atoms with Crippen LogP contribution in [0.3, 0.4) is 0 Å². The number of fused-ring (bicyclic) bond motifs is 1. The van der Waals surface area contributed by atoms with Gasteiger partial charge in [-0.3, -0.25) is 0 Å². The Morgan fingerprint density at radius 3 is 3.00 bits per heavy atom. The molecule has 0 amide bonds. The van der Waals surface area contributed by atoms with Crippen LogP contribution in [0.15, 0.2) is 23.4 Å². The van der Waals surface area contributed by atoms with Gasteiger partial charge in [-0.05, 0) is 32.0 Å². The lowest BCUT2D eigenvalue weighted by molar-refractivity contribution is 0.271. The van der Waals surface area contributed by atoms with Gasteiger partial charge in [0.15, 0.2) is 5.16 Å². The molecule has 2 aromatic rings. The smallest absolute Gasteiger partial charge is 0.166 e. The number of hydrogen-bond donors (Lipinski definition) is 3. The maximum Gasteiger partial charge on any atom is 0.166 e. The average molecular weight is 309 g/mol. The second-order valence-electron chi connectivity index (χ2n) is 4.73. The van der Waals surface area contributed by atoms with Crippen molar-refractivity contribution in [3.63, 3.8) is 0 Å². The van der Waals surface area contributed by atoms with Crippen molar-refractivity contribution in [2.75, 3.05) is 25.5 Å². The molecule has 0 radical (unpaired) electrons. The number of benzene rings is 1. The Hall–Kier alpha value is -1.24. The maximum absolute atomic E-state index is 9.07. The molecule has 2 rings (SSSR count). The lowest BCUT2D eigenvalue weighted by atomic mass is 10.2. The molecule has 6 heteroatoms. The van der Waals surface area contributed by atoms with Crippen LogP contribution in [0.5, 0.6) is 5.75 Å². The summed E-state index contributed by atoms with van der Waals surface area (Å²) in [6.45, 7) is 5.82. The van der Waals surface area contributed by atoms with E-state index in [-0.39, 0.29) is 6.61 Å². The van der Waals surface area contributed by atoms with Gasteiger partial charge in [0.1, 0.15) is 5.75 Å². The van der Waals surface area contributed by atoms with E-state index >= 15 is 0 Å². The van der Waals surface area contributed by atoms with E-state index in [1.165, 1.54) is 0 Å². The van der Waals surface area contributed by atoms with E-state index in [4.69, 9.17) is 9.84 Å². The summed E-state index contributed by atoms with van der Waals surface area (Å²) in [6, 6.07) is 6.19. The number of thioether (sulfide) groups is 1. The molecule has 0 fully saturated rings. The topological polar surface area (TPSA) is 70.2 Å². The summed E-state index contributed by atoms with van der Waals surface area (Å²) in [7, 11) is 0. The molecule has 0 aliphatic rings. The zero-order valence-electron chi connectivity index (χ0n) is 12.6. The molecule has 0 saturated heterocycles. The van der Waals surface area contributed by atoms with Gasteiger partial charge in [0.25, 0.3) is 0 Å². The predicted octanol–water partition coefficient (Wildman–Crippen LogP) is 2.41.